The van der Waals surface area contributed by atoms with E-state index in [1.54, 1.807) is 24.3 Å². The van der Waals surface area contributed by atoms with Crippen LogP contribution in [0.5, 0.6) is 0 Å². The number of aromatic nitrogens is 2. The third-order valence-electron chi connectivity index (χ3n) is 2.33. The third kappa shape index (κ3) is 3.53. The van der Waals surface area contributed by atoms with Gasteiger partial charge in [0.05, 0.1) is 12.5 Å². The van der Waals surface area contributed by atoms with E-state index >= 15 is 0 Å². The monoisotopic (exact) mass is 257 g/mol. The highest BCUT2D eigenvalue weighted by atomic mass is 16.4. The van der Waals surface area contributed by atoms with Gasteiger partial charge in [0.15, 0.2) is 0 Å². The lowest BCUT2D eigenvalue weighted by Gasteiger charge is -2.03. The molecule has 6 nitrogen and oxygen atoms in total. The third-order valence-corrected chi connectivity index (χ3v) is 2.33. The van der Waals surface area contributed by atoms with Crippen LogP contribution < -0.4 is 5.32 Å². The second kappa shape index (κ2) is 5.63. The minimum absolute atomic E-state index is 0.286. The fraction of sp³-hybridized carbons (Fsp3) is 0. The van der Waals surface area contributed by atoms with E-state index in [4.69, 9.17) is 5.11 Å². The van der Waals surface area contributed by atoms with Crippen molar-refractivity contribution >= 4 is 23.6 Å². The number of amides is 1. The molecule has 6 heteroatoms. The summed E-state index contributed by atoms with van der Waals surface area (Å²) in [4.78, 5) is 28.5. The number of nitrogens with zero attached hydrogens (tertiary/aromatic N) is 1. The molecule has 1 aromatic carbocycles. The van der Waals surface area contributed by atoms with Crippen LogP contribution in [0.2, 0.25) is 0 Å². The van der Waals surface area contributed by atoms with E-state index in [0.29, 0.717) is 11.4 Å². The van der Waals surface area contributed by atoms with Crippen molar-refractivity contribution in [1.82, 2.24) is 9.97 Å². The molecule has 3 N–H and O–H groups in total. The molecular formula is C13H11N3O3. The van der Waals surface area contributed by atoms with Crippen LogP contribution in [-0.4, -0.2) is 27.0 Å². The van der Waals surface area contributed by atoms with E-state index in [1.807, 2.05) is 0 Å². The van der Waals surface area contributed by atoms with Crippen molar-refractivity contribution in [2.45, 2.75) is 0 Å². The Kier molecular flexibility index (Phi) is 3.72. The van der Waals surface area contributed by atoms with E-state index in [1.165, 1.54) is 18.6 Å². The Morgan fingerprint density at radius 2 is 2.00 bits per heavy atom. The second-order valence-electron chi connectivity index (χ2n) is 3.71. The van der Waals surface area contributed by atoms with Gasteiger partial charge in [-0.05, 0) is 23.8 Å². The van der Waals surface area contributed by atoms with Gasteiger partial charge in [-0.2, -0.15) is 0 Å². The number of carboxylic acids is 1. The Balaban J connectivity index is 2.03. The molecule has 0 unspecified atom stereocenters. The number of hydrogen-bond acceptors (Lipinski definition) is 3. The Morgan fingerprint density at radius 1 is 1.26 bits per heavy atom. The van der Waals surface area contributed by atoms with Crippen molar-refractivity contribution in [3.63, 3.8) is 0 Å². The summed E-state index contributed by atoms with van der Waals surface area (Å²) in [6.07, 6.45) is 5.38. The molecule has 0 saturated heterocycles. The van der Waals surface area contributed by atoms with Crippen molar-refractivity contribution in [3.05, 3.63) is 54.1 Å². The number of carbonyl (C=O) groups excluding carboxylic acids is 1. The zero-order valence-electron chi connectivity index (χ0n) is 9.83. The Morgan fingerprint density at radius 3 is 2.58 bits per heavy atom. The van der Waals surface area contributed by atoms with Gasteiger partial charge >= 0.3 is 5.97 Å². The van der Waals surface area contributed by atoms with Crippen LogP contribution in [0.1, 0.15) is 16.1 Å². The fourth-order valence-corrected chi connectivity index (χ4v) is 1.42. The maximum atomic E-state index is 11.7. The average molecular weight is 257 g/mol. The SMILES string of the molecule is O=C(O)C=Cc1ccc(NC(=O)c2cnc[nH]2)cc1. The van der Waals surface area contributed by atoms with E-state index in [-0.39, 0.29) is 5.91 Å². The van der Waals surface area contributed by atoms with Crippen molar-refractivity contribution in [2.24, 2.45) is 0 Å². The first kappa shape index (κ1) is 12.6. The highest BCUT2D eigenvalue weighted by molar-refractivity contribution is 6.02. The molecule has 0 spiro atoms. The summed E-state index contributed by atoms with van der Waals surface area (Å²) >= 11 is 0. The smallest absolute Gasteiger partial charge is 0.328 e. The molecule has 0 radical (unpaired) electrons. The summed E-state index contributed by atoms with van der Waals surface area (Å²) in [5.41, 5.74) is 1.73. The van der Waals surface area contributed by atoms with Gasteiger partial charge in [-0.15, -0.1) is 0 Å². The number of aliphatic carboxylic acids is 1. The first-order valence-electron chi connectivity index (χ1n) is 5.46. The van der Waals surface area contributed by atoms with E-state index in [9.17, 15) is 9.59 Å². The number of imidazole rings is 1. The molecule has 0 aliphatic carbocycles. The number of nitrogens with one attached hydrogen (secondary N) is 2. The molecule has 1 heterocycles. The van der Waals surface area contributed by atoms with Gasteiger partial charge in [0.25, 0.3) is 5.91 Å². The van der Waals surface area contributed by atoms with Crippen LogP contribution >= 0.6 is 0 Å². The fourth-order valence-electron chi connectivity index (χ4n) is 1.42. The highest BCUT2D eigenvalue weighted by Crippen LogP contribution is 2.11. The van der Waals surface area contributed by atoms with Gasteiger partial charge < -0.3 is 15.4 Å². The Hall–Kier alpha value is -2.89. The molecule has 0 aliphatic rings. The standard InChI is InChI=1S/C13H11N3O3/c17-12(18)6-3-9-1-4-10(5-2-9)16-13(19)11-7-14-8-15-11/h1-8H,(H,14,15)(H,16,19)(H,17,18). The van der Waals surface area contributed by atoms with E-state index in [0.717, 1.165) is 11.6 Å². The van der Waals surface area contributed by atoms with Crippen LogP contribution in [0, 0.1) is 0 Å². The van der Waals surface area contributed by atoms with Gasteiger partial charge in [0, 0.05) is 11.8 Å². The molecule has 1 amide bonds. The maximum Gasteiger partial charge on any atom is 0.328 e. The molecule has 2 rings (SSSR count). The summed E-state index contributed by atoms with van der Waals surface area (Å²) in [5.74, 6) is -1.29. The molecule has 96 valence electrons. The zero-order chi connectivity index (χ0) is 13.7. The molecule has 0 aliphatic heterocycles. The summed E-state index contributed by atoms with van der Waals surface area (Å²) < 4.78 is 0. The van der Waals surface area contributed by atoms with Crippen LogP contribution in [0.25, 0.3) is 6.08 Å². The number of aromatic amines is 1. The van der Waals surface area contributed by atoms with E-state index < -0.39 is 5.97 Å². The number of anilines is 1. The minimum atomic E-state index is -1.00. The van der Waals surface area contributed by atoms with Gasteiger partial charge in [-0.3, -0.25) is 4.79 Å². The quantitative estimate of drug-likeness (QED) is 0.727. The largest absolute Gasteiger partial charge is 0.478 e. The molecule has 0 saturated carbocycles. The number of carbonyl (C=O) groups is 2. The topological polar surface area (TPSA) is 95.1 Å². The summed E-state index contributed by atoms with van der Waals surface area (Å²) in [7, 11) is 0. The molecule has 1 aromatic heterocycles. The minimum Gasteiger partial charge on any atom is -0.478 e. The number of benzene rings is 1. The molecule has 0 fully saturated rings. The van der Waals surface area contributed by atoms with Crippen molar-refractivity contribution in [1.29, 1.82) is 0 Å². The van der Waals surface area contributed by atoms with Crippen molar-refractivity contribution in [3.8, 4) is 0 Å². The lowest BCUT2D eigenvalue weighted by molar-refractivity contribution is -0.131. The molecule has 2 aromatic rings. The summed E-state index contributed by atoms with van der Waals surface area (Å²) in [6, 6.07) is 6.80. The molecule has 19 heavy (non-hydrogen) atoms. The maximum absolute atomic E-state index is 11.7. The van der Waals surface area contributed by atoms with Gasteiger partial charge in [-0.1, -0.05) is 12.1 Å². The number of rotatable bonds is 4. The van der Waals surface area contributed by atoms with Crippen LogP contribution in [0.15, 0.2) is 42.9 Å². The van der Waals surface area contributed by atoms with Crippen LogP contribution in [0.3, 0.4) is 0 Å². The lowest BCUT2D eigenvalue weighted by atomic mass is 10.2. The summed E-state index contributed by atoms with van der Waals surface area (Å²) in [5, 5.41) is 11.2. The first-order chi connectivity index (χ1) is 9.15. The normalized spacial score (nSPS) is 10.5. The van der Waals surface area contributed by atoms with E-state index in [2.05, 4.69) is 15.3 Å². The number of H-pyrrole nitrogens is 1. The molecular weight excluding hydrogens is 246 g/mol. The van der Waals surface area contributed by atoms with Crippen molar-refractivity contribution in [2.75, 3.05) is 5.32 Å². The molecule has 0 bridgehead atoms. The van der Waals surface area contributed by atoms with Crippen LogP contribution in [0.4, 0.5) is 5.69 Å². The van der Waals surface area contributed by atoms with Gasteiger partial charge in [0.1, 0.15) is 5.69 Å². The summed E-state index contributed by atoms with van der Waals surface area (Å²) in [6.45, 7) is 0. The lowest BCUT2D eigenvalue weighted by Crippen LogP contribution is -2.11. The highest BCUT2D eigenvalue weighted by Gasteiger charge is 2.06. The predicted molar refractivity (Wildman–Crippen MR) is 69.7 cm³/mol. The molecule has 0 atom stereocenters. The zero-order valence-corrected chi connectivity index (χ0v) is 9.83. The second-order valence-corrected chi connectivity index (χ2v) is 3.71. The Labute approximate surface area is 108 Å². The number of carboxylic acid groups (broad SMARTS) is 1. The Bertz CT molecular complexity index is 601. The van der Waals surface area contributed by atoms with Gasteiger partial charge in [-0.25, -0.2) is 9.78 Å². The predicted octanol–water partition coefficient (Wildman–Crippen LogP) is 1.76. The van der Waals surface area contributed by atoms with Crippen LogP contribution in [-0.2, 0) is 4.79 Å². The first-order valence-corrected chi connectivity index (χ1v) is 5.46. The average Bonchev–Trinajstić information content (AvgIpc) is 2.92. The number of hydrogen-bond donors (Lipinski definition) is 3. The van der Waals surface area contributed by atoms with Gasteiger partial charge in [0.2, 0.25) is 0 Å². The van der Waals surface area contributed by atoms with Crippen molar-refractivity contribution < 1.29 is 14.7 Å².